The standard InChI is InChI=1S/C15H11ClN2OS2/c16-9-5-1-2-6-10(9)18-14(19)12-8-4-3-7-11(8)21-13(12)17-15(18)20/h1-2,5-6H,3-4,7H2,(H,17,20). The van der Waals surface area contributed by atoms with E-state index < -0.39 is 0 Å². The number of hydrogen-bond acceptors (Lipinski definition) is 3. The van der Waals surface area contributed by atoms with E-state index in [1.165, 1.54) is 15.0 Å². The van der Waals surface area contributed by atoms with Crippen LogP contribution in [0.1, 0.15) is 16.9 Å². The number of nitrogens with zero attached hydrogens (tertiary/aromatic N) is 1. The van der Waals surface area contributed by atoms with Crippen LogP contribution in [0.5, 0.6) is 0 Å². The molecule has 2 aromatic heterocycles. The first kappa shape index (κ1) is 13.2. The average molecular weight is 335 g/mol. The van der Waals surface area contributed by atoms with Crippen molar-refractivity contribution >= 4 is 45.4 Å². The predicted molar refractivity (Wildman–Crippen MR) is 89.6 cm³/mol. The van der Waals surface area contributed by atoms with Crippen molar-refractivity contribution in [2.45, 2.75) is 19.3 Å². The molecular weight excluding hydrogens is 324 g/mol. The zero-order valence-electron chi connectivity index (χ0n) is 11.0. The lowest BCUT2D eigenvalue weighted by Gasteiger charge is -2.08. The van der Waals surface area contributed by atoms with E-state index in [1.54, 1.807) is 17.4 Å². The Labute approximate surface area is 134 Å². The van der Waals surface area contributed by atoms with E-state index in [4.69, 9.17) is 23.8 Å². The van der Waals surface area contributed by atoms with Gasteiger partial charge in [-0.2, -0.15) is 0 Å². The van der Waals surface area contributed by atoms with Crippen molar-refractivity contribution in [1.82, 2.24) is 9.55 Å². The Morgan fingerprint density at radius 3 is 2.90 bits per heavy atom. The number of thiophene rings is 1. The van der Waals surface area contributed by atoms with E-state index in [0.717, 1.165) is 29.5 Å². The van der Waals surface area contributed by atoms with Crippen LogP contribution in [0.4, 0.5) is 0 Å². The molecule has 1 N–H and O–H groups in total. The molecule has 0 amide bonds. The quantitative estimate of drug-likeness (QED) is 0.675. The van der Waals surface area contributed by atoms with Gasteiger partial charge in [-0.3, -0.25) is 9.36 Å². The zero-order valence-corrected chi connectivity index (χ0v) is 13.4. The minimum absolute atomic E-state index is 0.0683. The monoisotopic (exact) mass is 334 g/mol. The molecule has 0 atom stereocenters. The molecule has 3 nitrogen and oxygen atoms in total. The molecule has 0 saturated carbocycles. The Kier molecular flexibility index (Phi) is 3.03. The SMILES string of the molecule is O=c1c2c3c(sc2[nH]c(=S)n1-c1ccccc1Cl)CCC3. The summed E-state index contributed by atoms with van der Waals surface area (Å²) < 4.78 is 1.89. The average Bonchev–Trinajstić information content (AvgIpc) is 3.00. The Morgan fingerprint density at radius 2 is 2.10 bits per heavy atom. The zero-order chi connectivity index (χ0) is 14.6. The van der Waals surface area contributed by atoms with Gasteiger partial charge in [-0.15, -0.1) is 11.3 Å². The Hall–Kier alpha value is -1.43. The number of aromatic amines is 1. The highest BCUT2D eigenvalue weighted by Crippen LogP contribution is 2.34. The molecule has 3 aromatic rings. The number of hydrogen-bond donors (Lipinski definition) is 1. The number of nitrogens with one attached hydrogen (secondary N) is 1. The second-order valence-electron chi connectivity index (χ2n) is 5.08. The second kappa shape index (κ2) is 4.80. The van der Waals surface area contributed by atoms with Crippen molar-refractivity contribution in [2.75, 3.05) is 0 Å². The van der Waals surface area contributed by atoms with Gasteiger partial charge in [-0.05, 0) is 49.2 Å². The summed E-state index contributed by atoms with van der Waals surface area (Å²) in [4.78, 5) is 18.3. The molecule has 0 saturated heterocycles. The second-order valence-corrected chi connectivity index (χ2v) is 6.98. The molecule has 106 valence electrons. The van der Waals surface area contributed by atoms with Gasteiger partial charge in [-0.25, -0.2) is 0 Å². The number of benzene rings is 1. The molecule has 4 rings (SSSR count). The van der Waals surface area contributed by atoms with Gasteiger partial charge < -0.3 is 4.98 Å². The lowest BCUT2D eigenvalue weighted by molar-refractivity contribution is 0.910. The first-order valence-corrected chi connectivity index (χ1v) is 8.31. The first-order chi connectivity index (χ1) is 10.2. The van der Waals surface area contributed by atoms with Gasteiger partial charge >= 0.3 is 0 Å². The highest BCUT2D eigenvalue weighted by atomic mass is 35.5. The highest BCUT2D eigenvalue weighted by molar-refractivity contribution is 7.71. The number of aromatic nitrogens is 2. The number of para-hydroxylation sites is 1. The summed E-state index contributed by atoms with van der Waals surface area (Å²) in [5.74, 6) is 0. The minimum Gasteiger partial charge on any atom is -0.323 e. The molecule has 0 aliphatic heterocycles. The van der Waals surface area contributed by atoms with Crippen LogP contribution < -0.4 is 5.56 Å². The maximum Gasteiger partial charge on any atom is 0.267 e. The van der Waals surface area contributed by atoms with Crippen LogP contribution in [0.2, 0.25) is 5.02 Å². The Bertz CT molecular complexity index is 983. The third-order valence-corrected chi connectivity index (χ3v) is 5.67. The van der Waals surface area contributed by atoms with Crippen molar-refractivity contribution in [1.29, 1.82) is 0 Å². The van der Waals surface area contributed by atoms with Crippen molar-refractivity contribution in [3.05, 3.63) is 54.9 Å². The van der Waals surface area contributed by atoms with E-state index in [1.807, 2.05) is 18.2 Å². The van der Waals surface area contributed by atoms with Gasteiger partial charge in [0, 0.05) is 4.88 Å². The minimum atomic E-state index is -0.0683. The molecule has 1 aromatic carbocycles. The number of H-pyrrole nitrogens is 1. The van der Waals surface area contributed by atoms with Crippen molar-refractivity contribution in [3.63, 3.8) is 0 Å². The Balaban J connectivity index is 2.14. The van der Waals surface area contributed by atoms with Gasteiger partial charge in [0.25, 0.3) is 5.56 Å². The van der Waals surface area contributed by atoms with Crippen LogP contribution in [0, 0.1) is 4.77 Å². The summed E-state index contributed by atoms with van der Waals surface area (Å²) in [6.07, 6.45) is 3.15. The van der Waals surface area contributed by atoms with E-state index >= 15 is 0 Å². The third kappa shape index (κ3) is 1.92. The molecule has 0 spiro atoms. The summed E-state index contributed by atoms with van der Waals surface area (Å²) in [7, 11) is 0. The fourth-order valence-electron chi connectivity index (χ4n) is 2.93. The predicted octanol–water partition coefficient (Wildman–Crippen LogP) is 4.25. The van der Waals surface area contributed by atoms with Crippen LogP contribution >= 0.6 is 35.2 Å². The van der Waals surface area contributed by atoms with Crippen LogP contribution in [0.3, 0.4) is 0 Å². The summed E-state index contributed by atoms with van der Waals surface area (Å²) >= 11 is 13.3. The topological polar surface area (TPSA) is 37.8 Å². The third-order valence-electron chi connectivity index (χ3n) is 3.86. The van der Waals surface area contributed by atoms with E-state index in [0.29, 0.717) is 15.5 Å². The molecule has 21 heavy (non-hydrogen) atoms. The molecule has 0 fully saturated rings. The lowest BCUT2D eigenvalue weighted by Crippen LogP contribution is -2.20. The maximum absolute atomic E-state index is 12.9. The molecule has 6 heteroatoms. The normalized spacial score (nSPS) is 13.8. The maximum atomic E-state index is 12.9. The molecule has 1 aliphatic rings. The summed E-state index contributed by atoms with van der Waals surface area (Å²) in [5.41, 5.74) is 1.75. The number of fused-ring (bicyclic) bond motifs is 3. The first-order valence-electron chi connectivity index (χ1n) is 6.71. The number of aryl methyl sites for hydroxylation is 2. The van der Waals surface area contributed by atoms with Gasteiger partial charge in [0.1, 0.15) is 4.83 Å². The van der Waals surface area contributed by atoms with Gasteiger partial charge in [0.2, 0.25) is 0 Å². The molecule has 0 radical (unpaired) electrons. The van der Waals surface area contributed by atoms with Crippen molar-refractivity contribution < 1.29 is 0 Å². The summed E-state index contributed by atoms with van der Waals surface area (Å²) in [5, 5.41) is 1.30. The molecular formula is C15H11ClN2OS2. The smallest absolute Gasteiger partial charge is 0.267 e. The fraction of sp³-hybridized carbons (Fsp3) is 0.200. The van der Waals surface area contributed by atoms with E-state index in [9.17, 15) is 4.79 Å². The summed E-state index contributed by atoms with van der Waals surface area (Å²) in [6, 6.07) is 7.27. The van der Waals surface area contributed by atoms with E-state index in [-0.39, 0.29) is 5.56 Å². The molecule has 0 bridgehead atoms. The molecule has 0 unspecified atom stereocenters. The van der Waals surface area contributed by atoms with Crippen LogP contribution in [-0.4, -0.2) is 9.55 Å². The highest BCUT2D eigenvalue weighted by Gasteiger charge is 2.22. The Morgan fingerprint density at radius 1 is 1.29 bits per heavy atom. The van der Waals surface area contributed by atoms with Crippen molar-refractivity contribution in [2.24, 2.45) is 0 Å². The van der Waals surface area contributed by atoms with Gasteiger partial charge in [-0.1, -0.05) is 23.7 Å². The molecule has 1 aliphatic carbocycles. The largest absolute Gasteiger partial charge is 0.323 e. The van der Waals surface area contributed by atoms with Crippen LogP contribution in [-0.2, 0) is 12.8 Å². The van der Waals surface area contributed by atoms with Gasteiger partial charge in [0.15, 0.2) is 4.77 Å². The summed E-state index contributed by atoms with van der Waals surface area (Å²) in [6.45, 7) is 0. The fourth-order valence-corrected chi connectivity index (χ4v) is 4.78. The van der Waals surface area contributed by atoms with E-state index in [2.05, 4.69) is 4.98 Å². The van der Waals surface area contributed by atoms with Crippen LogP contribution in [0.25, 0.3) is 15.9 Å². The number of rotatable bonds is 1. The van der Waals surface area contributed by atoms with Crippen molar-refractivity contribution in [3.8, 4) is 5.69 Å². The lowest BCUT2D eigenvalue weighted by atomic mass is 10.2. The van der Waals surface area contributed by atoms with Crippen LogP contribution in [0.15, 0.2) is 29.1 Å². The van der Waals surface area contributed by atoms with Gasteiger partial charge in [0.05, 0.1) is 16.1 Å². The molecule has 2 heterocycles. The number of halogens is 1.